The number of nitrogens with two attached hydrogens (primary N) is 1. The van der Waals surface area contributed by atoms with Gasteiger partial charge in [0, 0.05) is 24.9 Å². The Balaban J connectivity index is 2.10. The molecule has 0 aliphatic carbocycles. The first-order valence-electron chi connectivity index (χ1n) is 7.10. The van der Waals surface area contributed by atoms with Gasteiger partial charge in [-0.15, -0.1) is 0 Å². The van der Waals surface area contributed by atoms with Gasteiger partial charge in [0.25, 0.3) is 0 Å². The van der Waals surface area contributed by atoms with Crippen LogP contribution in [0, 0.1) is 13.8 Å². The fourth-order valence-electron chi connectivity index (χ4n) is 2.01. The lowest BCUT2D eigenvalue weighted by atomic mass is 10.2. The van der Waals surface area contributed by atoms with Crippen molar-refractivity contribution in [3.05, 3.63) is 35.7 Å². The SMILES string of the molecule is COC(CN)CC(=O)Nc1cccc(-c2nc(C)c(C)o2)c1. The molecule has 0 aliphatic heterocycles. The maximum absolute atomic E-state index is 12.0. The molecule has 1 atom stereocenters. The van der Waals surface area contributed by atoms with Crippen LogP contribution in [0.1, 0.15) is 17.9 Å². The molecule has 1 aromatic carbocycles. The number of benzene rings is 1. The highest BCUT2D eigenvalue weighted by atomic mass is 16.5. The van der Waals surface area contributed by atoms with Crippen LogP contribution >= 0.6 is 0 Å². The number of nitrogens with zero attached hydrogens (tertiary/aromatic N) is 1. The standard InChI is InChI=1S/C16H21N3O3/c1-10-11(2)22-16(18-10)12-5-4-6-13(7-12)19-15(20)8-14(9-17)21-3/h4-7,14H,8-9,17H2,1-3H3,(H,19,20). The van der Waals surface area contributed by atoms with Crippen LogP contribution in [0.5, 0.6) is 0 Å². The van der Waals surface area contributed by atoms with Crippen molar-refractivity contribution >= 4 is 11.6 Å². The summed E-state index contributed by atoms with van der Waals surface area (Å²) in [7, 11) is 1.54. The summed E-state index contributed by atoms with van der Waals surface area (Å²) in [5.41, 5.74) is 7.87. The molecule has 0 spiro atoms. The van der Waals surface area contributed by atoms with E-state index in [1.165, 1.54) is 0 Å². The fraction of sp³-hybridized carbons (Fsp3) is 0.375. The second-order valence-corrected chi connectivity index (χ2v) is 5.09. The van der Waals surface area contributed by atoms with Crippen LogP contribution in [0.4, 0.5) is 5.69 Å². The molecule has 2 rings (SSSR count). The molecule has 3 N–H and O–H groups in total. The second-order valence-electron chi connectivity index (χ2n) is 5.09. The molecule has 0 radical (unpaired) electrons. The Hall–Kier alpha value is -2.18. The monoisotopic (exact) mass is 303 g/mol. The third kappa shape index (κ3) is 3.93. The first-order valence-corrected chi connectivity index (χ1v) is 7.10. The number of carbonyl (C=O) groups is 1. The van der Waals surface area contributed by atoms with E-state index in [9.17, 15) is 4.79 Å². The van der Waals surface area contributed by atoms with Crippen molar-refractivity contribution < 1.29 is 13.9 Å². The zero-order chi connectivity index (χ0) is 16.1. The Morgan fingerprint density at radius 2 is 2.23 bits per heavy atom. The Morgan fingerprint density at radius 1 is 1.45 bits per heavy atom. The highest BCUT2D eigenvalue weighted by Gasteiger charge is 2.13. The van der Waals surface area contributed by atoms with Crippen LogP contribution in [-0.2, 0) is 9.53 Å². The zero-order valence-electron chi connectivity index (χ0n) is 13.1. The van der Waals surface area contributed by atoms with Crippen LogP contribution < -0.4 is 11.1 Å². The molecule has 1 aromatic heterocycles. The van der Waals surface area contributed by atoms with E-state index in [2.05, 4.69) is 10.3 Å². The molecule has 0 saturated heterocycles. The number of aryl methyl sites for hydroxylation is 2. The highest BCUT2D eigenvalue weighted by Crippen LogP contribution is 2.24. The largest absolute Gasteiger partial charge is 0.441 e. The van der Waals surface area contributed by atoms with Crippen molar-refractivity contribution in [3.63, 3.8) is 0 Å². The minimum Gasteiger partial charge on any atom is -0.441 e. The summed E-state index contributed by atoms with van der Waals surface area (Å²) >= 11 is 0. The molecule has 0 bridgehead atoms. The first kappa shape index (κ1) is 16.2. The molecule has 6 heteroatoms. The fourth-order valence-corrected chi connectivity index (χ4v) is 2.01. The smallest absolute Gasteiger partial charge is 0.227 e. The number of rotatable bonds is 6. The Morgan fingerprint density at radius 3 is 2.82 bits per heavy atom. The number of ether oxygens (including phenoxy) is 1. The first-order chi connectivity index (χ1) is 10.5. The van der Waals surface area contributed by atoms with Gasteiger partial charge in [0.15, 0.2) is 0 Å². The average Bonchev–Trinajstić information content (AvgIpc) is 2.84. The molecule has 2 aromatic rings. The normalized spacial score (nSPS) is 12.2. The van der Waals surface area contributed by atoms with Crippen LogP contribution in [0.3, 0.4) is 0 Å². The van der Waals surface area contributed by atoms with Gasteiger partial charge in [0.05, 0.1) is 18.2 Å². The molecule has 118 valence electrons. The molecule has 1 amide bonds. The van der Waals surface area contributed by atoms with Crippen molar-refractivity contribution in [1.82, 2.24) is 4.98 Å². The van der Waals surface area contributed by atoms with Crippen LogP contribution in [-0.4, -0.2) is 30.6 Å². The Kier molecular flexibility index (Phi) is 5.30. The van der Waals surface area contributed by atoms with Gasteiger partial charge in [-0.2, -0.15) is 0 Å². The van der Waals surface area contributed by atoms with Gasteiger partial charge in [0.1, 0.15) is 5.76 Å². The number of amides is 1. The molecular formula is C16H21N3O3. The van der Waals surface area contributed by atoms with Gasteiger partial charge in [0.2, 0.25) is 11.8 Å². The number of carbonyl (C=O) groups excluding carboxylic acids is 1. The third-order valence-corrected chi connectivity index (χ3v) is 3.43. The molecule has 0 fully saturated rings. The van der Waals surface area contributed by atoms with Crippen molar-refractivity contribution in [2.75, 3.05) is 19.0 Å². The van der Waals surface area contributed by atoms with Gasteiger partial charge in [-0.3, -0.25) is 4.79 Å². The number of nitrogens with one attached hydrogen (secondary N) is 1. The summed E-state index contributed by atoms with van der Waals surface area (Å²) in [4.78, 5) is 16.3. The van der Waals surface area contributed by atoms with E-state index in [0.717, 1.165) is 17.0 Å². The van der Waals surface area contributed by atoms with Gasteiger partial charge >= 0.3 is 0 Å². The molecule has 22 heavy (non-hydrogen) atoms. The van der Waals surface area contributed by atoms with Crippen LogP contribution in [0.2, 0.25) is 0 Å². The predicted molar refractivity (Wildman–Crippen MR) is 84.5 cm³/mol. The van der Waals surface area contributed by atoms with E-state index in [-0.39, 0.29) is 18.4 Å². The van der Waals surface area contributed by atoms with Gasteiger partial charge < -0.3 is 20.2 Å². The van der Waals surface area contributed by atoms with Crippen molar-refractivity contribution in [2.45, 2.75) is 26.4 Å². The lowest BCUT2D eigenvalue weighted by molar-refractivity contribution is -0.118. The molecule has 1 unspecified atom stereocenters. The number of methoxy groups -OCH3 is 1. The number of oxazole rings is 1. The minimum absolute atomic E-state index is 0.144. The summed E-state index contributed by atoms with van der Waals surface area (Å²) in [6, 6.07) is 7.37. The maximum atomic E-state index is 12.0. The van der Waals surface area contributed by atoms with Crippen molar-refractivity contribution in [3.8, 4) is 11.5 Å². The summed E-state index contributed by atoms with van der Waals surface area (Å²) in [6.45, 7) is 4.07. The van der Waals surface area contributed by atoms with E-state index in [4.69, 9.17) is 14.9 Å². The average molecular weight is 303 g/mol. The zero-order valence-corrected chi connectivity index (χ0v) is 13.1. The lowest BCUT2D eigenvalue weighted by Crippen LogP contribution is -2.28. The summed E-state index contributed by atoms with van der Waals surface area (Å²) in [6.07, 6.45) is -0.0609. The quantitative estimate of drug-likeness (QED) is 0.854. The van der Waals surface area contributed by atoms with E-state index < -0.39 is 0 Å². The van der Waals surface area contributed by atoms with Crippen molar-refractivity contribution in [1.29, 1.82) is 0 Å². The highest BCUT2D eigenvalue weighted by molar-refractivity contribution is 5.91. The number of anilines is 1. The maximum Gasteiger partial charge on any atom is 0.227 e. The van der Waals surface area contributed by atoms with Crippen molar-refractivity contribution in [2.24, 2.45) is 5.73 Å². The van der Waals surface area contributed by atoms with Crippen LogP contribution in [0.25, 0.3) is 11.5 Å². The summed E-state index contributed by atoms with van der Waals surface area (Å²) in [5.74, 6) is 1.19. The van der Waals surface area contributed by atoms with E-state index in [1.54, 1.807) is 7.11 Å². The van der Waals surface area contributed by atoms with E-state index >= 15 is 0 Å². The summed E-state index contributed by atoms with van der Waals surface area (Å²) in [5, 5.41) is 2.83. The van der Waals surface area contributed by atoms with Gasteiger partial charge in [-0.1, -0.05) is 6.07 Å². The van der Waals surface area contributed by atoms with E-state index in [1.807, 2.05) is 38.1 Å². The molecular weight excluding hydrogens is 282 g/mol. The lowest BCUT2D eigenvalue weighted by Gasteiger charge is -2.12. The minimum atomic E-state index is -0.278. The molecule has 6 nitrogen and oxygen atoms in total. The molecule has 0 aliphatic rings. The Bertz CT molecular complexity index is 628. The molecule has 1 heterocycles. The topological polar surface area (TPSA) is 90.4 Å². The second kappa shape index (κ2) is 7.20. The van der Waals surface area contributed by atoms with Gasteiger partial charge in [-0.05, 0) is 32.0 Å². The summed E-state index contributed by atoms with van der Waals surface area (Å²) < 4.78 is 10.7. The number of hydrogen-bond acceptors (Lipinski definition) is 5. The Labute approximate surface area is 129 Å². The molecule has 0 saturated carbocycles. The van der Waals surface area contributed by atoms with E-state index in [0.29, 0.717) is 18.1 Å². The number of aromatic nitrogens is 1. The third-order valence-electron chi connectivity index (χ3n) is 3.43. The van der Waals surface area contributed by atoms with Gasteiger partial charge in [-0.25, -0.2) is 4.98 Å². The number of hydrogen-bond donors (Lipinski definition) is 2. The predicted octanol–water partition coefficient (Wildman–Crippen LogP) is 2.26. The van der Waals surface area contributed by atoms with Crippen LogP contribution in [0.15, 0.2) is 28.7 Å².